The summed E-state index contributed by atoms with van der Waals surface area (Å²) in [6.07, 6.45) is 2.09. The van der Waals surface area contributed by atoms with Crippen LogP contribution in [0.3, 0.4) is 0 Å². The standard InChI is InChI=1S/C31H22BGeN2O/c1-18-13-14-19-20-15-16-22-29(31(20)36-30(19)27(18)26-12-5-6-17-35(26)2)34-25-11-7-10-24-28(25)32(22)21-8-3-4-9-23(21)33-24/h3-17,34H,1-2H3/q+1. The first-order valence-corrected chi connectivity index (χ1v) is 14.5. The topological polar surface area (TPSA) is 29.1 Å². The zero-order chi connectivity index (χ0) is 24.0. The van der Waals surface area contributed by atoms with Gasteiger partial charge in [0.15, 0.2) is 0 Å². The number of hydrogen-bond donors (Lipinski definition) is 1. The van der Waals surface area contributed by atoms with Gasteiger partial charge in [0.2, 0.25) is 0 Å². The molecule has 0 amide bonds. The van der Waals surface area contributed by atoms with E-state index < -0.39 is 0 Å². The predicted octanol–water partition coefficient (Wildman–Crippen LogP) is 2.93. The van der Waals surface area contributed by atoms with Gasteiger partial charge < -0.3 is 0 Å². The van der Waals surface area contributed by atoms with Crippen molar-refractivity contribution in [1.29, 1.82) is 0 Å². The van der Waals surface area contributed by atoms with Gasteiger partial charge in [0.05, 0.1) is 0 Å². The number of pyridine rings is 1. The van der Waals surface area contributed by atoms with Gasteiger partial charge in [-0.1, -0.05) is 0 Å². The van der Waals surface area contributed by atoms with Crippen LogP contribution in [-0.4, -0.2) is 22.1 Å². The third kappa shape index (κ3) is 2.68. The molecular weight excluding hydrogens is 500 g/mol. The molecule has 0 bridgehead atoms. The first-order valence-electron chi connectivity index (χ1n) is 12.4. The summed E-state index contributed by atoms with van der Waals surface area (Å²) in [4.78, 5) is 0. The quantitative estimate of drug-likeness (QED) is 0.266. The molecular formula is C31H22BGeN2O+. The van der Waals surface area contributed by atoms with Gasteiger partial charge in [-0.25, -0.2) is 0 Å². The second-order valence-corrected chi connectivity index (χ2v) is 12.7. The van der Waals surface area contributed by atoms with Crippen LogP contribution in [0.4, 0.5) is 11.4 Å². The van der Waals surface area contributed by atoms with Crippen molar-refractivity contribution in [2.75, 3.05) is 5.32 Å². The van der Waals surface area contributed by atoms with E-state index in [4.69, 9.17) is 4.42 Å². The number of nitrogens with one attached hydrogen (secondary N) is 1. The zero-order valence-electron chi connectivity index (χ0n) is 20.1. The molecule has 0 fully saturated rings. The van der Waals surface area contributed by atoms with Crippen molar-refractivity contribution in [3.8, 4) is 11.3 Å². The summed E-state index contributed by atoms with van der Waals surface area (Å²) in [7, 11) is 2.09. The molecule has 8 rings (SSSR count). The Kier molecular flexibility index (Phi) is 4.18. The molecule has 36 heavy (non-hydrogen) atoms. The van der Waals surface area contributed by atoms with Crippen molar-refractivity contribution in [2.24, 2.45) is 7.05 Å². The summed E-state index contributed by atoms with van der Waals surface area (Å²) in [5.74, 6) is 0. The zero-order valence-corrected chi connectivity index (χ0v) is 22.2. The molecule has 2 radical (unpaired) electrons. The molecule has 4 heterocycles. The van der Waals surface area contributed by atoms with Crippen molar-refractivity contribution >= 4 is 80.6 Å². The van der Waals surface area contributed by atoms with Crippen LogP contribution in [0, 0.1) is 6.92 Å². The fourth-order valence-corrected chi connectivity index (χ4v) is 9.21. The van der Waals surface area contributed by atoms with E-state index >= 15 is 0 Å². The number of rotatable bonds is 1. The van der Waals surface area contributed by atoms with Crippen LogP contribution < -0.4 is 35.1 Å². The molecule has 4 aromatic carbocycles. The summed E-state index contributed by atoms with van der Waals surface area (Å²) < 4.78 is 12.1. The average Bonchev–Trinajstić information content (AvgIpc) is 3.28. The van der Waals surface area contributed by atoms with Gasteiger partial charge in [0.25, 0.3) is 0 Å². The Morgan fingerprint density at radius 3 is 2.50 bits per heavy atom. The third-order valence-electron chi connectivity index (χ3n) is 7.87. The van der Waals surface area contributed by atoms with E-state index in [1.165, 1.54) is 32.0 Å². The Labute approximate surface area is 216 Å². The van der Waals surface area contributed by atoms with Gasteiger partial charge in [-0.15, -0.1) is 0 Å². The fourth-order valence-electron chi connectivity index (χ4n) is 6.20. The van der Waals surface area contributed by atoms with Crippen LogP contribution in [0.2, 0.25) is 0 Å². The van der Waals surface area contributed by atoms with Gasteiger partial charge in [0, 0.05) is 6.07 Å². The maximum absolute atomic E-state index is 6.85. The monoisotopic (exact) mass is 523 g/mol. The molecule has 5 heteroatoms. The van der Waals surface area contributed by atoms with Crippen molar-refractivity contribution in [1.82, 2.24) is 0 Å². The second-order valence-electron chi connectivity index (χ2n) is 9.88. The fraction of sp³-hybridized carbons (Fsp3) is 0.0645. The summed E-state index contributed by atoms with van der Waals surface area (Å²) in [6.45, 7) is 2.41. The molecule has 1 N–H and O–H groups in total. The molecule has 0 atom stereocenters. The van der Waals surface area contributed by atoms with Gasteiger partial charge in [-0.05, 0) is 0 Å². The van der Waals surface area contributed by atoms with Crippen molar-refractivity contribution in [3.05, 3.63) is 96.7 Å². The van der Waals surface area contributed by atoms with E-state index in [0.717, 1.165) is 38.9 Å². The molecule has 0 saturated heterocycles. The normalized spacial score (nSPS) is 13.3. The van der Waals surface area contributed by atoms with Gasteiger partial charge in [-0.2, -0.15) is 0 Å². The summed E-state index contributed by atoms with van der Waals surface area (Å²) >= 11 is -0.346. The van der Waals surface area contributed by atoms with E-state index in [9.17, 15) is 0 Å². The molecule has 6 aromatic rings. The number of hydrogen-bond acceptors (Lipinski definition) is 2. The van der Waals surface area contributed by atoms with Crippen LogP contribution in [0.5, 0.6) is 0 Å². The van der Waals surface area contributed by atoms with Gasteiger partial charge >= 0.3 is 211 Å². The molecule has 0 saturated carbocycles. The first kappa shape index (κ1) is 20.4. The molecule has 168 valence electrons. The summed E-state index contributed by atoms with van der Waals surface area (Å²) in [6, 6.07) is 31.2. The first-order chi connectivity index (χ1) is 17.7. The Morgan fingerprint density at radius 1 is 0.778 bits per heavy atom. The second kappa shape index (κ2) is 7.37. The van der Waals surface area contributed by atoms with E-state index in [1.807, 2.05) is 0 Å². The number of benzene rings is 4. The van der Waals surface area contributed by atoms with E-state index in [2.05, 4.69) is 115 Å². The SMILES string of the molecule is Cc1ccc2c(oc3c4c(ccc32)B2c3cccc[c]3[Ge][c]3cccc(c32)N4)c1-c1cccc[n+]1C. The van der Waals surface area contributed by atoms with Crippen LogP contribution >= 0.6 is 0 Å². The molecule has 2 aliphatic heterocycles. The number of fused-ring (bicyclic) bond motifs is 8. The van der Waals surface area contributed by atoms with Crippen molar-refractivity contribution < 1.29 is 8.98 Å². The van der Waals surface area contributed by atoms with E-state index in [0.29, 0.717) is 0 Å². The van der Waals surface area contributed by atoms with Gasteiger partial charge in [0.1, 0.15) is 0 Å². The Balaban J connectivity index is 1.45. The molecule has 2 aromatic heterocycles. The Bertz CT molecular complexity index is 1890. The molecule has 0 spiro atoms. The van der Waals surface area contributed by atoms with Crippen molar-refractivity contribution in [3.63, 3.8) is 0 Å². The minimum atomic E-state index is -0.346. The Morgan fingerprint density at radius 2 is 1.58 bits per heavy atom. The number of aromatic nitrogens is 1. The third-order valence-corrected chi connectivity index (χ3v) is 10.9. The van der Waals surface area contributed by atoms with E-state index in [1.54, 1.807) is 4.40 Å². The maximum atomic E-state index is 6.85. The predicted molar refractivity (Wildman–Crippen MR) is 151 cm³/mol. The summed E-state index contributed by atoms with van der Waals surface area (Å²) in [5, 5.41) is 6.14. The van der Waals surface area contributed by atoms with E-state index in [-0.39, 0.29) is 22.1 Å². The summed E-state index contributed by atoms with van der Waals surface area (Å²) in [5.41, 5.74) is 12.0. The number of nitrogens with zero attached hydrogens (tertiary/aromatic N) is 1. The number of furan rings is 1. The van der Waals surface area contributed by atoms with Crippen LogP contribution in [-0.2, 0) is 7.05 Å². The minimum absolute atomic E-state index is 0.242. The van der Waals surface area contributed by atoms with Crippen LogP contribution in [0.15, 0.2) is 95.5 Å². The Hall–Kier alpha value is -3.76. The molecule has 0 unspecified atom stereocenters. The van der Waals surface area contributed by atoms with Crippen molar-refractivity contribution in [2.45, 2.75) is 6.92 Å². The molecule has 2 aliphatic rings. The van der Waals surface area contributed by atoms with Gasteiger partial charge in [-0.3, -0.25) is 0 Å². The molecule has 3 nitrogen and oxygen atoms in total. The molecule has 0 aliphatic carbocycles. The number of anilines is 2. The van der Waals surface area contributed by atoms with Crippen LogP contribution in [0.25, 0.3) is 33.2 Å². The van der Waals surface area contributed by atoms with Crippen LogP contribution in [0.1, 0.15) is 5.56 Å². The average molecular weight is 522 g/mol. The number of aryl methyl sites for hydroxylation is 2.